The van der Waals surface area contributed by atoms with Crippen molar-refractivity contribution in [2.24, 2.45) is 0 Å². The summed E-state index contributed by atoms with van der Waals surface area (Å²) in [5.74, 6) is 0.112. The topological polar surface area (TPSA) is 40.5 Å². The minimum Gasteiger partial charge on any atom is -0.507 e. The van der Waals surface area contributed by atoms with E-state index in [1.54, 1.807) is 34.9 Å². The maximum Gasteiger partial charge on any atom is 0.270 e. The van der Waals surface area contributed by atoms with E-state index in [0.717, 1.165) is 19.7 Å². The molecule has 2 aromatic carbocycles. The largest absolute Gasteiger partial charge is 0.507 e. The molecule has 7 heteroatoms. The Kier molecular flexibility index (Phi) is 5.53. The monoisotopic (exact) mass is 485 g/mol. The van der Waals surface area contributed by atoms with Gasteiger partial charge in [0.1, 0.15) is 5.75 Å². The molecule has 1 fully saturated rings. The van der Waals surface area contributed by atoms with Gasteiger partial charge < -0.3 is 5.11 Å². The van der Waals surface area contributed by atoms with E-state index in [1.807, 2.05) is 36.6 Å². The van der Waals surface area contributed by atoms with E-state index in [-0.39, 0.29) is 11.7 Å². The molecular formula is C17H12INO2S3. The van der Waals surface area contributed by atoms with E-state index in [9.17, 15) is 9.90 Å². The number of aromatic hydroxyl groups is 1. The average molecular weight is 485 g/mol. The lowest BCUT2D eigenvalue weighted by Crippen LogP contribution is -2.27. The molecule has 0 atom stereocenters. The van der Waals surface area contributed by atoms with Crippen molar-refractivity contribution >= 4 is 80.3 Å². The first-order valence-electron chi connectivity index (χ1n) is 6.90. The van der Waals surface area contributed by atoms with Gasteiger partial charge in [0.05, 0.1) is 14.2 Å². The molecule has 0 saturated carbocycles. The van der Waals surface area contributed by atoms with Crippen LogP contribution in [0.5, 0.6) is 5.75 Å². The van der Waals surface area contributed by atoms with E-state index in [1.165, 1.54) is 11.8 Å². The number of phenols is 1. The van der Waals surface area contributed by atoms with Crippen molar-refractivity contribution in [2.45, 2.75) is 4.90 Å². The molecule has 0 aromatic heterocycles. The highest BCUT2D eigenvalue weighted by molar-refractivity contribution is 14.1. The van der Waals surface area contributed by atoms with E-state index in [2.05, 4.69) is 22.6 Å². The Morgan fingerprint density at radius 3 is 2.79 bits per heavy atom. The molecule has 1 aliphatic rings. The van der Waals surface area contributed by atoms with E-state index >= 15 is 0 Å². The number of carbonyl (C=O) groups excluding carboxylic acids is 1. The lowest BCUT2D eigenvalue weighted by Gasteiger charge is -2.15. The number of carbonyl (C=O) groups is 1. The molecule has 0 spiro atoms. The van der Waals surface area contributed by atoms with E-state index in [0.29, 0.717) is 9.23 Å². The summed E-state index contributed by atoms with van der Waals surface area (Å²) < 4.78 is 1.27. The number of amides is 1. The lowest BCUT2D eigenvalue weighted by molar-refractivity contribution is -0.113. The van der Waals surface area contributed by atoms with Gasteiger partial charge in [0, 0.05) is 4.90 Å². The third kappa shape index (κ3) is 3.63. The van der Waals surface area contributed by atoms with Crippen LogP contribution in [-0.4, -0.2) is 21.6 Å². The van der Waals surface area contributed by atoms with Gasteiger partial charge in [-0.1, -0.05) is 36.1 Å². The Morgan fingerprint density at radius 2 is 2.08 bits per heavy atom. The molecule has 0 radical (unpaired) electrons. The molecule has 1 aliphatic heterocycles. The number of rotatable bonds is 3. The van der Waals surface area contributed by atoms with E-state index < -0.39 is 0 Å². The van der Waals surface area contributed by atoms with Crippen molar-refractivity contribution in [2.75, 3.05) is 11.2 Å². The van der Waals surface area contributed by atoms with Crippen molar-refractivity contribution in [3.63, 3.8) is 0 Å². The third-order valence-corrected chi connectivity index (χ3v) is 6.27. The van der Waals surface area contributed by atoms with Crippen molar-refractivity contribution in [3.8, 4) is 5.75 Å². The Hall–Kier alpha value is -1.03. The summed E-state index contributed by atoms with van der Waals surface area (Å²) in [6, 6.07) is 13.0. The maximum absolute atomic E-state index is 12.8. The Morgan fingerprint density at radius 1 is 1.29 bits per heavy atom. The van der Waals surface area contributed by atoms with Crippen LogP contribution in [0.15, 0.2) is 52.3 Å². The van der Waals surface area contributed by atoms with Crippen LogP contribution >= 0.6 is 58.3 Å². The highest BCUT2D eigenvalue weighted by atomic mass is 127. The second kappa shape index (κ2) is 7.47. The zero-order valence-electron chi connectivity index (χ0n) is 12.5. The first kappa shape index (κ1) is 17.8. The molecule has 122 valence electrons. The third-order valence-electron chi connectivity index (χ3n) is 3.37. The molecule has 3 rings (SSSR count). The van der Waals surface area contributed by atoms with Crippen LogP contribution in [0.2, 0.25) is 0 Å². The first-order chi connectivity index (χ1) is 11.5. The van der Waals surface area contributed by atoms with Gasteiger partial charge in [0.2, 0.25) is 0 Å². The van der Waals surface area contributed by atoms with Gasteiger partial charge in [-0.05, 0) is 70.8 Å². The summed E-state index contributed by atoms with van der Waals surface area (Å²) in [6.45, 7) is 0. The van der Waals surface area contributed by atoms with Gasteiger partial charge in [0.25, 0.3) is 5.91 Å². The van der Waals surface area contributed by atoms with Crippen molar-refractivity contribution in [3.05, 3.63) is 56.5 Å². The number of nitrogens with zero attached hydrogens (tertiary/aromatic N) is 1. The number of hydrogen-bond donors (Lipinski definition) is 1. The number of benzene rings is 2. The minimum atomic E-state index is -0.119. The zero-order chi connectivity index (χ0) is 17.3. The highest BCUT2D eigenvalue weighted by Gasteiger charge is 2.33. The number of halogens is 1. The highest BCUT2D eigenvalue weighted by Crippen LogP contribution is 2.37. The predicted octanol–water partition coefficient (Wildman–Crippen LogP) is 5.12. The smallest absolute Gasteiger partial charge is 0.270 e. The normalized spacial score (nSPS) is 16.2. The molecule has 1 heterocycles. The van der Waals surface area contributed by atoms with Crippen LogP contribution < -0.4 is 4.90 Å². The summed E-state index contributed by atoms with van der Waals surface area (Å²) >= 11 is 10.4. The Labute approximate surface area is 167 Å². The molecule has 3 nitrogen and oxygen atoms in total. The summed E-state index contributed by atoms with van der Waals surface area (Å²) in [6.07, 6.45) is 3.80. The molecular weight excluding hydrogens is 473 g/mol. The quantitative estimate of drug-likeness (QED) is 0.283. The summed E-state index contributed by atoms with van der Waals surface area (Å²) in [5, 5.41) is 9.61. The van der Waals surface area contributed by atoms with Gasteiger partial charge >= 0.3 is 0 Å². The average Bonchev–Trinajstić information content (AvgIpc) is 2.85. The molecule has 1 amide bonds. The van der Waals surface area contributed by atoms with Gasteiger partial charge in [0.15, 0.2) is 4.32 Å². The number of thioether (sulfide) groups is 2. The standard InChI is InChI=1S/C17H12INO2S3/c1-23-12-4-2-3-11(9-12)19-16(21)15(24-17(19)22)8-10-5-6-14(20)13(18)7-10/h2-9,20H,1H3/b15-8-. The summed E-state index contributed by atoms with van der Waals surface area (Å²) in [7, 11) is 0. The fourth-order valence-corrected chi connectivity index (χ4v) is 4.50. The second-order valence-corrected chi connectivity index (χ2v) is 8.65. The second-order valence-electron chi connectivity index (χ2n) is 4.93. The molecule has 0 aliphatic carbocycles. The van der Waals surface area contributed by atoms with Crippen molar-refractivity contribution in [1.29, 1.82) is 0 Å². The Balaban J connectivity index is 1.93. The predicted molar refractivity (Wildman–Crippen MR) is 115 cm³/mol. The SMILES string of the molecule is CSc1cccc(N2C(=O)/C(=C/c3ccc(O)c(I)c3)SC2=S)c1. The van der Waals surface area contributed by atoms with Crippen molar-refractivity contribution in [1.82, 2.24) is 0 Å². The van der Waals surface area contributed by atoms with Crippen LogP contribution in [0, 0.1) is 3.57 Å². The van der Waals surface area contributed by atoms with Gasteiger partial charge in [-0.2, -0.15) is 0 Å². The fraction of sp³-hybridized carbons (Fsp3) is 0.0588. The molecule has 1 N–H and O–H groups in total. The molecule has 2 aromatic rings. The molecule has 0 unspecified atom stereocenters. The van der Waals surface area contributed by atoms with E-state index in [4.69, 9.17) is 12.2 Å². The van der Waals surface area contributed by atoms with Gasteiger partial charge in [-0.25, -0.2) is 0 Å². The number of phenolic OH excluding ortho intramolecular Hbond substituents is 1. The number of anilines is 1. The van der Waals surface area contributed by atoms with Gasteiger partial charge in [-0.15, -0.1) is 11.8 Å². The first-order valence-corrected chi connectivity index (χ1v) is 10.4. The minimum absolute atomic E-state index is 0.119. The molecule has 1 saturated heterocycles. The van der Waals surface area contributed by atoms with Crippen LogP contribution in [0.3, 0.4) is 0 Å². The fourth-order valence-electron chi connectivity index (χ4n) is 2.20. The molecule has 0 bridgehead atoms. The van der Waals surface area contributed by atoms with Crippen molar-refractivity contribution < 1.29 is 9.90 Å². The van der Waals surface area contributed by atoms with Gasteiger partial charge in [-0.3, -0.25) is 9.69 Å². The maximum atomic E-state index is 12.8. The van der Waals surface area contributed by atoms with Crippen LogP contribution in [0.4, 0.5) is 5.69 Å². The molecule has 24 heavy (non-hydrogen) atoms. The van der Waals surface area contributed by atoms with Crippen LogP contribution in [-0.2, 0) is 4.79 Å². The van der Waals surface area contributed by atoms with Crippen LogP contribution in [0.25, 0.3) is 6.08 Å². The van der Waals surface area contributed by atoms with Crippen LogP contribution in [0.1, 0.15) is 5.56 Å². The summed E-state index contributed by atoms with van der Waals surface area (Å²) in [4.78, 5) is 16.0. The number of thiocarbonyl (C=S) groups is 1. The zero-order valence-corrected chi connectivity index (χ0v) is 17.1. The summed E-state index contributed by atoms with van der Waals surface area (Å²) in [5.41, 5.74) is 1.64. The Bertz CT molecular complexity index is 867. The lowest BCUT2D eigenvalue weighted by atomic mass is 10.2. The number of hydrogen-bond acceptors (Lipinski definition) is 5.